The number of nitrogens with zero attached hydrogens (tertiary/aromatic N) is 5. The number of hydrogen-bond donors (Lipinski definition) is 4. The van der Waals surface area contributed by atoms with Crippen molar-refractivity contribution in [3.05, 3.63) is 41.2 Å². The van der Waals surface area contributed by atoms with E-state index in [-0.39, 0.29) is 19.1 Å². The second kappa shape index (κ2) is 11.1. The minimum atomic E-state index is -1.77. The van der Waals surface area contributed by atoms with Gasteiger partial charge in [0.15, 0.2) is 5.82 Å². The molecule has 0 saturated carbocycles. The molecule has 0 aliphatic carbocycles. The number of nitriles is 1. The van der Waals surface area contributed by atoms with Crippen molar-refractivity contribution in [1.82, 2.24) is 25.5 Å². The van der Waals surface area contributed by atoms with Gasteiger partial charge in [0.05, 0.1) is 17.7 Å². The Labute approximate surface area is 162 Å². The lowest BCUT2D eigenvalue weighted by Crippen LogP contribution is -2.29. The number of benzene rings is 1. The zero-order valence-electron chi connectivity index (χ0n) is 15.2. The van der Waals surface area contributed by atoms with E-state index in [2.05, 4.69) is 25.5 Å². The van der Waals surface area contributed by atoms with E-state index in [1.807, 2.05) is 6.07 Å². The average molecular weight is 387 g/mol. The number of hydrogen-bond acceptors (Lipinski definition) is 9. The highest BCUT2D eigenvalue weighted by atomic mass is 16.6. The van der Waals surface area contributed by atoms with Crippen LogP contribution in [-0.2, 0) is 22.5 Å². The Bertz CT molecular complexity index is 791. The molecule has 12 heteroatoms. The van der Waals surface area contributed by atoms with E-state index in [0.29, 0.717) is 37.2 Å². The number of carbonyl (C=O) groups excluding carboxylic acids is 1. The van der Waals surface area contributed by atoms with E-state index in [0.717, 1.165) is 5.56 Å². The summed E-state index contributed by atoms with van der Waals surface area (Å²) in [7, 11) is -1.77. The normalized spacial score (nSPS) is 11.6. The highest BCUT2D eigenvalue weighted by Gasteiger charge is 2.17. The summed E-state index contributed by atoms with van der Waals surface area (Å²) in [5, 5.41) is 40.0. The van der Waals surface area contributed by atoms with Gasteiger partial charge in [-0.2, -0.15) is 5.26 Å². The third-order valence-corrected chi connectivity index (χ3v) is 3.93. The summed E-state index contributed by atoms with van der Waals surface area (Å²) in [4.78, 5) is 12.2. The average Bonchev–Trinajstić information content (AvgIpc) is 3.14. The van der Waals surface area contributed by atoms with Gasteiger partial charge in [-0.25, -0.2) is 4.68 Å². The molecule has 0 aliphatic rings. The van der Waals surface area contributed by atoms with E-state index >= 15 is 0 Å². The third-order valence-electron chi connectivity index (χ3n) is 3.93. The van der Waals surface area contributed by atoms with Crippen LogP contribution in [0.2, 0.25) is 0 Å². The van der Waals surface area contributed by atoms with E-state index in [1.165, 1.54) is 4.68 Å². The van der Waals surface area contributed by atoms with Crippen LogP contribution in [0.3, 0.4) is 0 Å². The Kier molecular flexibility index (Phi) is 8.51. The lowest BCUT2D eigenvalue weighted by atomic mass is 10.1. The quantitative estimate of drug-likeness (QED) is 0.279. The molecule has 1 aromatic heterocycles. The van der Waals surface area contributed by atoms with Crippen molar-refractivity contribution in [3.8, 4) is 6.07 Å². The van der Waals surface area contributed by atoms with Gasteiger partial charge >= 0.3 is 7.32 Å². The van der Waals surface area contributed by atoms with Crippen LogP contribution in [-0.4, -0.2) is 50.1 Å². The van der Waals surface area contributed by atoms with Gasteiger partial charge in [-0.05, 0) is 47.4 Å². The monoisotopic (exact) mass is 387 g/mol. The van der Waals surface area contributed by atoms with E-state index in [4.69, 9.17) is 21.0 Å². The van der Waals surface area contributed by atoms with Gasteiger partial charge in [0.2, 0.25) is 5.91 Å². The van der Waals surface area contributed by atoms with Crippen molar-refractivity contribution >= 4 is 13.2 Å². The van der Waals surface area contributed by atoms with E-state index in [1.54, 1.807) is 24.3 Å². The number of aromatic nitrogens is 4. The van der Waals surface area contributed by atoms with Crippen molar-refractivity contribution in [1.29, 1.82) is 5.26 Å². The standard InChI is InChI=1S/C16H22BN7O4/c18-9-12-4-6-13(7-5-12)10-20-15(25)11-24-16(21-22-23-24)14(19)3-1-2-8-28-17(26)27/h4-7,14,26-27H,1-3,8,10-11,19H2,(H,20,25). The number of unbranched alkanes of at least 4 members (excludes halogenated alkanes) is 1. The fourth-order valence-electron chi connectivity index (χ4n) is 2.46. The molecule has 1 heterocycles. The van der Waals surface area contributed by atoms with Gasteiger partial charge in [-0.1, -0.05) is 12.1 Å². The van der Waals surface area contributed by atoms with Gasteiger partial charge in [-0.3, -0.25) is 4.79 Å². The minimum Gasteiger partial charge on any atom is -0.402 e. The predicted molar refractivity (Wildman–Crippen MR) is 97.7 cm³/mol. The van der Waals surface area contributed by atoms with Crippen LogP contribution in [0.5, 0.6) is 0 Å². The first-order valence-corrected chi connectivity index (χ1v) is 8.74. The molecule has 0 aliphatic heterocycles. The molecule has 0 bridgehead atoms. The zero-order valence-corrected chi connectivity index (χ0v) is 15.2. The van der Waals surface area contributed by atoms with Crippen LogP contribution in [0, 0.1) is 11.3 Å². The van der Waals surface area contributed by atoms with E-state index < -0.39 is 13.4 Å². The molecule has 1 atom stereocenters. The van der Waals surface area contributed by atoms with Crippen LogP contribution < -0.4 is 11.1 Å². The van der Waals surface area contributed by atoms with E-state index in [9.17, 15) is 4.79 Å². The van der Waals surface area contributed by atoms with Crippen molar-refractivity contribution in [2.24, 2.45) is 5.73 Å². The predicted octanol–water partition coefficient (Wildman–Crippen LogP) is -0.983. The van der Waals surface area contributed by atoms with Gasteiger partial charge in [0.1, 0.15) is 6.54 Å². The fourth-order valence-corrected chi connectivity index (χ4v) is 2.46. The van der Waals surface area contributed by atoms with Crippen molar-refractivity contribution in [3.63, 3.8) is 0 Å². The molecule has 1 unspecified atom stereocenters. The summed E-state index contributed by atoms with van der Waals surface area (Å²) in [6.07, 6.45) is 1.82. The Morgan fingerprint density at radius 2 is 2.11 bits per heavy atom. The highest BCUT2D eigenvalue weighted by molar-refractivity contribution is 6.32. The Morgan fingerprint density at radius 1 is 1.36 bits per heavy atom. The number of nitrogens with one attached hydrogen (secondary N) is 1. The lowest BCUT2D eigenvalue weighted by Gasteiger charge is -2.12. The van der Waals surface area contributed by atoms with Gasteiger partial charge in [0.25, 0.3) is 0 Å². The van der Waals surface area contributed by atoms with Crippen LogP contribution in [0.4, 0.5) is 0 Å². The molecule has 0 fully saturated rings. The number of nitrogens with two attached hydrogens (primary N) is 1. The smallest absolute Gasteiger partial charge is 0.402 e. The molecule has 1 amide bonds. The molecule has 0 saturated heterocycles. The summed E-state index contributed by atoms with van der Waals surface area (Å²) in [6.45, 7) is 0.462. The SMILES string of the molecule is N#Cc1ccc(CNC(=O)Cn2nnnc2C(N)CCCCOB(O)O)cc1. The van der Waals surface area contributed by atoms with Crippen LogP contribution in [0.1, 0.15) is 42.3 Å². The minimum absolute atomic E-state index is 0.0634. The molecule has 5 N–H and O–H groups in total. The summed E-state index contributed by atoms with van der Waals surface area (Å²) in [5.41, 5.74) is 7.52. The first-order valence-electron chi connectivity index (χ1n) is 8.74. The first kappa shape index (κ1) is 21.5. The fraction of sp³-hybridized carbons (Fsp3) is 0.438. The molecule has 2 aromatic rings. The van der Waals surface area contributed by atoms with Crippen LogP contribution >= 0.6 is 0 Å². The molecule has 1 aromatic carbocycles. The summed E-state index contributed by atoms with van der Waals surface area (Å²) in [6, 6.07) is 8.50. The molecular weight excluding hydrogens is 365 g/mol. The molecule has 11 nitrogen and oxygen atoms in total. The maximum atomic E-state index is 12.2. The third kappa shape index (κ3) is 7.05. The second-order valence-electron chi connectivity index (χ2n) is 6.08. The number of tetrazole rings is 1. The van der Waals surface area contributed by atoms with Gasteiger partial charge in [0, 0.05) is 13.2 Å². The summed E-state index contributed by atoms with van der Waals surface area (Å²) < 4.78 is 5.98. The Morgan fingerprint density at radius 3 is 2.79 bits per heavy atom. The molecule has 2 rings (SSSR count). The van der Waals surface area contributed by atoms with Crippen LogP contribution in [0.25, 0.3) is 0 Å². The first-order chi connectivity index (χ1) is 13.5. The van der Waals surface area contributed by atoms with Crippen molar-refractivity contribution < 1.29 is 19.5 Å². The second-order valence-corrected chi connectivity index (χ2v) is 6.08. The number of amides is 1. The molecule has 0 radical (unpaired) electrons. The molecular formula is C16H22BN7O4. The molecule has 0 spiro atoms. The molecule has 148 valence electrons. The summed E-state index contributed by atoms with van der Waals surface area (Å²) >= 11 is 0. The van der Waals surface area contributed by atoms with Crippen LogP contribution in [0.15, 0.2) is 24.3 Å². The highest BCUT2D eigenvalue weighted by Crippen LogP contribution is 2.13. The summed E-state index contributed by atoms with van der Waals surface area (Å²) in [5.74, 6) is 0.132. The number of rotatable bonds is 11. The topological polar surface area (TPSA) is 172 Å². The lowest BCUT2D eigenvalue weighted by molar-refractivity contribution is -0.122. The maximum Gasteiger partial charge on any atom is 0.633 e. The zero-order chi connectivity index (χ0) is 20.4. The number of carbonyl (C=O) groups is 1. The van der Waals surface area contributed by atoms with Crippen molar-refractivity contribution in [2.45, 2.75) is 38.4 Å². The van der Waals surface area contributed by atoms with Crippen molar-refractivity contribution in [2.75, 3.05) is 6.61 Å². The van der Waals surface area contributed by atoms with Gasteiger partial charge in [-0.15, -0.1) is 5.10 Å². The Balaban J connectivity index is 1.78. The maximum absolute atomic E-state index is 12.2. The Hall–Kier alpha value is -2.85. The largest absolute Gasteiger partial charge is 0.633 e. The molecule has 28 heavy (non-hydrogen) atoms. The van der Waals surface area contributed by atoms with Gasteiger partial charge < -0.3 is 25.8 Å².